The van der Waals surface area contributed by atoms with E-state index in [1.165, 1.54) is 0 Å². The van der Waals surface area contributed by atoms with Crippen LogP contribution in [0.25, 0.3) is 0 Å². The van der Waals surface area contributed by atoms with Gasteiger partial charge in [0.25, 0.3) is 0 Å². The van der Waals surface area contributed by atoms with Crippen LogP contribution in [0.3, 0.4) is 0 Å². The van der Waals surface area contributed by atoms with Crippen molar-refractivity contribution in [3.05, 3.63) is 0 Å². The van der Waals surface area contributed by atoms with Gasteiger partial charge < -0.3 is 5.11 Å². The van der Waals surface area contributed by atoms with Gasteiger partial charge in [-0.05, 0) is 36.2 Å². The Balaban J connectivity index is 3.51. The van der Waals surface area contributed by atoms with Gasteiger partial charge in [0, 0.05) is 0 Å². The Bertz CT molecular complexity index is 148. The summed E-state index contributed by atoms with van der Waals surface area (Å²) in [5.74, 6) is -0.761. The Morgan fingerprint density at radius 2 is 2.15 bits per heavy atom. The van der Waals surface area contributed by atoms with E-state index in [-0.39, 0.29) is 0 Å². The van der Waals surface area contributed by atoms with E-state index >= 15 is 0 Å². The third-order valence-electron chi connectivity index (χ3n) is 1.45. The molecule has 0 saturated carbocycles. The molecule has 0 fully saturated rings. The van der Waals surface area contributed by atoms with Gasteiger partial charge in [-0.15, -0.1) is 0 Å². The second kappa shape index (κ2) is 9.66. The molecule has 13 heavy (non-hydrogen) atoms. The van der Waals surface area contributed by atoms with Crippen molar-refractivity contribution in [1.29, 1.82) is 0 Å². The molecular weight excluding hydrogens is 244 g/mol. The summed E-state index contributed by atoms with van der Waals surface area (Å²) in [5, 5.41) is 14.8. The van der Waals surface area contributed by atoms with Crippen molar-refractivity contribution in [2.45, 2.75) is 18.9 Å². The highest BCUT2D eigenvalue weighted by molar-refractivity contribution is 8.02. The number of rotatable bonds is 8. The molecule has 5 atom stereocenters. The molecule has 8 heteroatoms. The van der Waals surface area contributed by atoms with Gasteiger partial charge in [-0.1, -0.05) is 17.9 Å². The molecule has 0 radical (unpaired) electrons. The highest BCUT2D eigenvalue weighted by Gasteiger charge is 2.14. The third-order valence-corrected chi connectivity index (χ3v) is 3.53. The smallest absolute Gasteiger partial charge is 0.320 e. The van der Waals surface area contributed by atoms with Gasteiger partial charge in [-0.2, -0.15) is 0 Å². The standard InChI is InChI=1S/C5H16N2O2P4/c8-5(9)4(7-13-11)2-1-3-6-12-10/h4,6-7,12-13H,1-3,10-11H2,(H,8,9). The summed E-state index contributed by atoms with van der Waals surface area (Å²) in [4.78, 5) is 10.7. The monoisotopic (exact) mass is 260 g/mol. The van der Waals surface area contributed by atoms with Crippen LogP contribution >= 0.6 is 34.7 Å². The maximum absolute atomic E-state index is 10.7. The number of hydrogen-bond donors (Lipinski definition) is 3. The molecular formula is C5H16N2O2P4. The van der Waals surface area contributed by atoms with Gasteiger partial charge in [0.15, 0.2) is 0 Å². The molecule has 0 heterocycles. The molecule has 0 amide bonds. The van der Waals surface area contributed by atoms with Crippen molar-refractivity contribution in [3.8, 4) is 0 Å². The zero-order valence-electron chi connectivity index (χ0n) is 7.21. The fourth-order valence-corrected chi connectivity index (χ4v) is 2.65. The van der Waals surface area contributed by atoms with E-state index in [9.17, 15) is 4.79 Å². The van der Waals surface area contributed by atoms with Crippen LogP contribution in [0.15, 0.2) is 0 Å². The van der Waals surface area contributed by atoms with Crippen LogP contribution in [-0.2, 0) is 4.79 Å². The van der Waals surface area contributed by atoms with Crippen molar-refractivity contribution in [3.63, 3.8) is 0 Å². The fourth-order valence-electron chi connectivity index (χ4n) is 0.825. The molecule has 0 aliphatic heterocycles. The molecule has 0 aromatic heterocycles. The van der Waals surface area contributed by atoms with E-state index < -0.39 is 12.0 Å². The van der Waals surface area contributed by atoms with E-state index in [0.717, 1.165) is 13.0 Å². The van der Waals surface area contributed by atoms with Gasteiger partial charge in [0.2, 0.25) is 0 Å². The molecule has 0 spiro atoms. The van der Waals surface area contributed by atoms with Gasteiger partial charge in [0.05, 0.1) is 0 Å². The molecule has 0 aromatic rings. The lowest BCUT2D eigenvalue weighted by atomic mass is 10.2. The highest BCUT2D eigenvalue weighted by atomic mass is 32.0. The minimum atomic E-state index is -0.761. The summed E-state index contributed by atoms with van der Waals surface area (Å²) < 4.78 is 0. The minimum absolute atomic E-state index is 0.398. The van der Waals surface area contributed by atoms with Crippen LogP contribution in [0.4, 0.5) is 0 Å². The van der Waals surface area contributed by atoms with Crippen LogP contribution in [0, 0.1) is 0 Å². The predicted octanol–water partition coefficient (Wildman–Crippen LogP) is 1.17. The van der Waals surface area contributed by atoms with Crippen molar-refractivity contribution in [2.75, 3.05) is 6.54 Å². The topological polar surface area (TPSA) is 61.4 Å². The molecule has 0 aliphatic carbocycles. The van der Waals surface area contributed by atoms with Crippen LogP contribution in [-0.4, -0.2) is 23.7 Å². The van der Waals surface area contributed by atoms with Crippen LogP contribution in [0.1, 0.15) is 12.8 Å². The molecule has 78 valence electrons. The Kier molecular flexibility index (Phi) is 10.5. The van der Waals surface area contributed by atoms with Gasteiger partial charge in [-0.25, -0.2) is 0 Å². The van der Waals surface area contributed by atoms with E-state index in [4.69, 9.17) is 5.11 Å². The summed E-state index contributed by atoms with van der Waals surface area (Å²) >= 11 is 0. The molecule has 4 nitrogen and oxygen atoms in total. The molecule has 0 saturated heterocycles. The van der Waals surface area contributed by atoms with Crippen molar-refractivity contribution < 1.29 is 9.90 Å². The number of hydrogen-bond acceptors (Lipinski definition) is 3. The summed E-state index contributed by atoms with van der Waals surface area (Å²) in [6, 6.07) is -0.398. The molecule has 0 aromatic carbocycles. The predicted molar refractivity (Wildman–Crippen MR) is 67.8 cm³/mol. The highest BCUT2D eigenvalue weighted by Crippen LogP contribution is 2.17. The number of aliphatic carboxylic acids is 1. The Hall–Kier alpha value is 1.11. The first kappa shape index (κ1) is 14.1. The van der Waals surface area contributed by atoms with Gasteiger partial charge >= 0.3 is 5.97 Å². The lowest BCUT2D eigenvalue weighted by molar-refractivity contribution is -0.139. The summed E-state index contributed by atoms with van der Waals surface area (Å²) in [6.45, 7) is 0.882. The Labute approximate surface area is 86.6 Å². The van der Waals surface area contributed by atoms with E-state index in [0.29, 0.717) is 23.3 Å². The van der Waals surface area contributed by atoms with E-state index in [2.05, 4.69) is 28.0 Å². The lowest BCUT2D eigenvalue weighted by Gasteiger charge is -2.12. The van der Waals surface area contributed by atoms with Crippen molar-refractivity contribution in [1.82, 2.24) is 10.2 Å². The first-order valence-corrected chi connectivity index (χ1v) is 9.46. The Morgan fingerprint density at radius 3 is 2.62 bits per heavy atom. The molecule has 0 rings (SSSR count). The zero-order chi connectivity index (χ0) is 10.1. The number of carbonyl (C=O) groups is 1. The normalized spacial score (nSPS) is 14.6. The first-order chi connectivity index (χ1) is 6.22. The maximum Gasteiger partial charge on any atom is 0.320 e. The second-order valence-corrected chi connectivity index (χ2v) is 5.34. The number of carboxylic acids is 1. The van der Waals surface area contributed by atoms with Crippen LogP contribution in [0.5, 0.6) is 0 Å². The van der Waals surface area contributed by atoms with Gasteiger partial charge in [0.1, 0.15) is 6.04 Å². The molecule has 0 aliphatic rings. The van der Waals surface area contributed by atoms with E-state index in [1.807, 2.05) is 0 Å². The average Bonchev–Trinajstić information content (AvgIpc) is 2.10. The quantitative estimate of drug-likeness (QED) is 0.453. The number of nitrogens with one attached hydrogen (secondary N) is 2. The fraction of sp³-hybridized carbons (Fsp3) is 0.800. The van der Waals surface area contributed by atoms with Crippen molar-refractivity contribution >= 4 is 40.7 Å². The molecule has 5 unspecified atom stereocenters. The maximum atomic E-state index is 10.7. The molecule has 3 N–H and O–H groups in total. The SMILES string of the molecule is O=C(O)C(CCCNPP)NPP. The van der Waals surface area contributed by atoms with Gasteiger partial charge in [-0.3, -0.25) is 15.0 Å². The first-order valence-electron chi connectivity index (χ1n) is 3.84. The summed E-state index contributed by atoms with van der Waals surface area (Å²) in [5.41, 5.74) is 0. The lowest BCUT2D eigenvalue weighted by Crippen LogP contribution is -2.31. The zero-order valence-corrected chi connectivity index (χ0v) is 11.5. The minimum Gasteiger partial charge on any atom is -0.480 e. The second-order valence-electron chi connectivity index (χ2n) is 2.39. The Morgan fingerprint density at radius 1 is 1.46 bits per heavy atom. The average molecular weight is 260 g/mol. The van der Waals surface area contributed by atoms with Crippen LogP contribution in [0.2, 0.25) is 0 Å². The third kappa shape index (κ3) is 8.13. The van der Waals surface area contributed by atoms with Crippen molar-refractivity contribution in [2.24, 2.45) is 0 Å². The van der Waals surface area contributed by atoms with Crippen LogP contribution < -0.4 is 10.2 Å². The van der Waals surface area contributed by atoms with E-state index in [1.54, 1.807) is 0 Å². The largest absolute Gasteiger partial charge is 0.480 e. The molecule has 0 bridgehead atoms. The number of carboxylic acid groups (broad SMARTS) is 1. The summed E-state index contributed by atoms with van der Waals surface area (Å²) in [6.07, 6.45) is 1.57. The summed E-state index contributed by atoms with van der Waals surface area (Å²) in [7, 11) is 6.15.